The number of nitrogens with one attached hydrogen (secondary N) is 1. The van der Waals surface area contributed by atoms with E-state index in [0.717, 1.165) is 11.1 Å². The van der Waals surface area contributed by atoms with Crippen LogP contribution in [0.3, 0.4) is 0 Å². The summed E-state index contributed by atoms with van der Waals surface area (Å²) >= 11 is 0. The molecule has 1 aliphatic heterocycles. The summed E-state index contributed by atoms with van der Waals surface area (Å²) in [5.74, 6) is -0.196. The van der Waals surface area contributed by atoms with Gasteiger partial charge in [-0.05, 0) is 35.7 Å². The van der Waals surface area contributed by atoms with E-state index in [2.05, 4.69) is 10.1 Å². The van der Waals surface area contributed by atoms with Crippen LogP contribution < -0.4 is 14.8 Å². The molecule has 3 aromatic rings. The van der Waals surface area contributed by atoms with Crippen LogP contribution in [-0.4, -0.2) is 48.8 Å². The van der Waals surface area contributed by atoms with E-state index in [-0.39, 0.29) is 37.5 Å². The molecule has 7 nitrogen and oxygen atoms in total. The average molecular weight is 545 g/mol. The summed E-state index contributed by atoms with van der Waals surface area (Å²) < 4.78 is 53.5. The molecule has 4 rings (SSSR count). The average Bonchev–Trinajstić information content (AvgIpc) is 2.94. The first kappa shape index (κ1) is 28.3. The van der Waals surface area contributed by atoms with Crippen molar-refractivity contribution in [1.29, 1.82) is 0 Å². The summed E-state index contributed by atoms with van der Waals surface area (Å²) in [5, 5.41) is 13.4. The predicted molar refractivity (Wildman–Crippen MR) is 138 cm³/mol. The molecule has 1 aliphatic rings. The van der Waals surface area contributed by atoms with Gasteiger partial charge in [-0.2, -0.15) is 0 Å². The summed E-state index contributed by atoms with van der Waals surface area (Å²) in [7, 11) is 1.43. The van der Waals surface area contributed by atoms with Crippen molar-refractivity contribution >= 4 is 6.09 Å². The summed E-state index contributed by atoms with van der Waals surface area (Å²) in [6.45, 7) is 0.389. The fourth-order valence-electron chi connectivity index (χ4n) is 4.88. The van der Waals surface area contributed by atoms with Crippen molar-refractivity contribution in [2.45, 2.75) is 38.0 Å². The number of methoxy groups -OCH3 is 1. The van der Waals surface area contributed by atoms with Gasteiger partial charge in [0.2, 0.25) is 0 Å². The Bertz CT molecular complexity index is 1210. The highest BCUT2D eigenvalue weighted by atomic mass is 19.4. The number of ether oxygens (including phenoxy) is 3. The number of benzene rings is 3. The smallest absolute Gasteiger partial charge is 0.496 e. The zero-order chi connectivity index (χ0) is 27.8. The second-order valence-corrected chi connectivity index (χ2v) is 9.34. The number of halogens is 3. The van der Waals surface area contributed by atoms with Gasteiger partial charge in [0.1, 0.15) is 18.1 Å². The number of nitrogens with zero attached hydrogens (tertiary/aromatic N) is 1. The first-order valence-corrected chi connectivity index (χ1v) is 12.6. The Labute approximate surface area is 225 Å². The fraction of sp³-hybridized carbons (Fsp3) is 0.345. The third-order valence-electron chi connectivity index (χ3n) is 6.64. The van der Waals surface area contributed by atoms with E-state index in [1.165, 1.54) is 25.3 Å². The van der Waals surface area contributed by atoms with Gasteiger partial charge in [-0.1, -0.05) is 60.7 Å². The number of piperidine rings is 1. The van der Waals surface area contributed by atoms with Gasteiger partial charge in [-0.15, -0.1) is 13.2 Å². The van der Waals surface area contributed by atoms with Crippen LogP contribution in [0.25, 0.3) is 0 Å². The van der Waals surface area contributed by atoms with E-state index in [0.29, 0.717) is 24.3 Å². The van der Waals surface area contributed by atoms with Gasteiger partial charge >= 0.3 is 12.5 Å². The lowest BCUT2D eigenvalue weighted by molar-refractivity contribution is -0.274. The van der Waals surface area contributed by atoms with Crippen LogP contribution >= 0.6 is 0 Å². The number of aliphatic hydroxyl groups is 1. The highest BCUT2D eigenvalue weighted by molar-refractivity contribution is 5.69. The standard InChI is InChI=1S/C29H31F3N2O5/c1-37-26-13-12-24(39-29(30,31)32)15-23(26)16-33-25-14-21(18-35)17-34(27(25)22-10-6-3-7-11-22)28(36)38-19-20-8-4-2-5-9-20/h2-13,15,21,25,27,33,35H,14,16-19H2,1H3/t21-,25-,27+/m1/s1. The van der Waals surface area contributed by atoms with Gasteiger partial charge in [0, 0.05) is 37.2 Å². The lowest BCUT2D eigenvalue weighted by Gasteiger charge is -2.44. The minimum Gasteiger partial charge on any atom is -0.496 e. The number of hydrogen-bond acceptors (Lipinski definition) is 6. The lowest BCUT2D eigenvalue weighted by Crippen LogP contribution is -2.54. The van der Waals surface area contributed by atoms with Gasteiger partial charge in [0.05, 0.1) is 13.2 Å². The molecule has 2 N–H and O–H groups in total. The lowest BCUT2D eigenvalue weighted by atomic mass is 9.85. The largest absolute Gasteiger partial charge is 0.573 e. The van der Waals surface area contributed by atoms with E-state index in [4.69, 9.17) is 9.47 Å². The molecule has 0 saturated carbocycles. The number of amides is 1. The molecule has 10 heteroatoms. The van der Waals surface area contributed by atoms with Crippen LogP contribution in [0.15, 0.2) is 78.9 Å². The van der Waals surface area contributed by atoms with Crippen LogP contribution in [0.2, 0.25) is 0 Å². The number of carbonyl (C=O) groups excluding carboxylic acids is 1. The molecule has 0 aromatic heterocycles. The third kappa shape index (κ3) is 7.64. The Morgan fingerprint density at radius 1 is 1.05 bits per heavy atom. The first-order chi connectivity index (χ1) is 18.8. The zero-order valence-electron chi connectivity index (χ0n) is 21.4. The molecule has 0 unspecified atom stereocenters. The molecule has 39 heavy (non-hydrogen) atoms. The van der Waals surface area contributed by atoms with E-state index in [1.807, 2.05) is 60.7 Å². The molecule has 1 fully saturated rings. The summed E-state index contributed by atoms with van der Waals surface area (Å²) in [6.07, 6.45) is -4.81. The predicted octanol–water partition coefficient (Wildman–Crippen LogP) is 5.44. The first-order valence-electron chi connectivity index (χ1n) is 12.6. The normalized spacial score (nSPS) is 19.4. The van der Waals surface area contributed by atoms with Gasteiger partial charge < -0.3 is 24.6 Å². The van der Waals surface area contributed by atoms with E-state index in [9.17, 15) is 23.1 Å². The monoisotopic (exact) mass is 544 g/mol. The number of carbonyl (C=O) groups is 1. The maximum atomic E-state index is 13.4. The van der Waals surface area contributed by atoms with Crippen molar-refractivity contribution in [2.24, 2.45) is 5.92 Å². The van der Waals surface area contributed by atoms with Crippen LogP contribution in [0.5, 0.6) is 11.5 Å². The van der Waals surface area contributed by atoms with Gasteiger partial charge in [0.25, 0.3) is 0 Å². The number of likely N-dealkylation sites (tertiary alicyclic amines) is 1. The fourth-order valence-corrected chi connectivity index (χ4v) is 4.88. The molecular formula is C29H31F3N2O5. The van der Waals surface area contributed by atoms with E-state index >= 15 is 0 Å². The molecule has 1 saturated heterocycles. The third-order valence-corrected chi connectivity index (χ3v) is 6.64. The molecule has 0 radical (unpaired) electrons. The van der Waals surface area contributed by atoms with Crippen molar-refractivity contribution in [3.8, 4) is 11.5 Å². The number of hydrogen-bond donors (Lipinski definition) is 2. The molecule has 0 aliphatic carbocycles. The van der Waals surface area contributed by atoms with Crippen LogP contribution in [-0.2, 0) is 17.9 Å². The SMILES string of the molecule is COc1ccc(OC(F)(F)F)cc1CN[C@@H]1C[C@@H](CO)CN(C(=O)OCc2ccccc2)[C@H]1c1ccccc1. The minimum atomic E-state index is -4.82. The van der Waals surface area contributed by atoms with Gasteiger partial charge in [-0.3, -0.25) is 4.90 Å². The van der Waals surface area contributed by atoms with Crippen molar-refractivity contribution < 1.29 is 37.3 Å². The highest BCUT2D eigenvalue weighted by Crippen LogP contribution is 2.35. The molecule has 3 atom stereocenters. The van der Waals surface area contributed by atoms with Crippen molar-refractivity contribution in [3.05, 3.63) is 95.6 Å². The van der Waals surface area contributed by atoms with Gasteiger partial charge in [0.15, 0.2) is 0 Å². The number of alkyl halides is 3. The molecule has 3 aromatic carbocycles. The molecule has 208 valence electrons. The van der Waals surface area contributed by atoms with Crippen LogP contribution in [0.4, 0.5) is 18.0 Å². The van der Waals surface area contributed by atoms with E-state index in [1.54, 1.807) is 4.90 Å². The van der Waals surface area contributed by atoms with Crippen LogP contribution in [0.1, 0.15) is 29.2 Å². The highest BCUT2D eigenvalue weighted by Gasteiger charge is 2.40. The van der Waals surface area contributed by atoms with Crippen molar-refractivity contribution in [2.75, 3.05) is 20.3 Å². The molecular weight excluding hydrogens is 513 g/mol. The van der Waals surface area contributed by atoms with Crippen molar-refractivity contribution in [3.63, 3.8) is 0 Å². The van der Waals surface area contributed by atoms with Crippen molar-refractivity contribution in [1.82, 2.24) is 10.2 Å². The summed E-state index contributed by atoms with van der Waals surface area (Å²) in [4.78, 5) is 15.0. The Morgan fingerprint density at radius 2 is 1.74 bits per heavy atom. The topological polar surface area (TPSA) is 80.3 Å². The van der Waals surface area contributed by atoms with E-state index < -0.39 is 18.5 Å². The number of rotatable bonds is 9. The maximum Gasteiger partial charge on any atom is 0.573 e. The Balaban J connectivity index is 1.58. The Morgan fingerprint density at radius 3 is 2.38 bits per heavy atom. The second kappa shape index (κ2) is 12.9. The Hall–Kier alpha value is -3.76. The molecule has 0 bridgehead atoms. The molecule has 1 amide bonds. The summed E-state index contributed by atoms with van der Waals surface area (Å²) in [5.41, 5.74) is 2.17. The second-order valence-electron chi connectivity index (χ2n) is 9.34. The zero-order valence-corrected chi connectivity index (χ0v) is 21.4. The summed E-state index contributed by atoms with van der Waals surface area (Å²) in [6, 6.07) is 21.9. The van der Waals surface area contributed by atoms with Crippen LogP contribution in [0, 0.1) is 5.92 Å². The Kier molecular flexibility index (Phi) is 9.32. The quantitative estimate of drug-likeness (QED) is 0.373. The minimum absolute atomic E-state index is 0.1000. The van der Waals surface area contributed by atoms with Gasteiger partial charge in [-0.25, -0.2) is 4.79 Å². The maximum absolute atomic E-state index is 13.4. The number of aliphatic hydroxyl groups excluding tert-OH is 1. The molecule has 1 heterocycles. The molecule has 0 spiro atoms.